The fraction of sp³-hybridized carbons (Fsp3) is 0. The quantitative estimate of drug-likeness (QED) is 0.433. The zero-order chi connectivity index (χ0) is 17.6. The molecule has 0 spiro atoms. The van der Waals surface area contributed by atoms with Crippen LogP contribution in [0.3, 0.4) is 0 Å². The largest absolute Gasteiger partial charge is 0.455 e. The van der Waals surface area contributed by atoms with Crippen molar-refractivity contribution in [1.29, 1.82) is 0 Å². The fourth-order valence-electron chi connectivity index (χ4n) is 1.95. The van der Waals surface area contributed by atoms with Crippen LogP contribution in [0.5, 0.6) is 0 Å². The van der Waals surface area contributed by atoms with Gasteiger partial charge in [0.15, 0.2) is 0 Å². The number of aromatic nitrogens is 2. The summed E-state index contributed by atoms with van der Waals surface area (Å²) in [7, 11) is 0. The number of carbonyl (C=O) groups is 1. The summed E-state index contributed by atoms with van der Waals surface area (Å²) in [4.78, 5) is 29.6. The van der Waals surface area contributed by atoms with Gasteiger partial charge in [0.1, 0.15) is 17.2 Å². The van der Waals surface area contributed by atoms with Crippen molar-refractivity contribution in [2.45, 2.75) is 0 Å². The molecule has 124 valence electrons. The average Bonchev–Trinajstić information content (AvgIpc) is 3.11. The van der Waals surface area contributed by atoms with Crippen LogP contribution in [-0.2, 0) is 0 Å². The van der Waals surface area contributed by atoms with E-state index in [1.54, 1.807) is 24.3 Å². The number of hydrogen-bond acceptors (Lipinski definition) is 7. The molecule has 0 saturated heterocycles. The Labute approximate surface area is 141 Å². The summed E-state index contributed by atoms with van der Waals surface area (Å²) in [6.45, 7) is 0. The first kappa shape index (κ1) is 16.0. The number of nitrogens with zero attached hydrogens (tertiary/aromatic N) is 4. The Hall–Kier alpha value is -3.88. The molecule has 3 aromatic rings. The summed E-state index contributed by atoms with van der Waals surface area (Å²) < 4.78 is 5.56. The van der Waals surface area contributed by atoms with Gasteiger partial charge in [-0.3, -0.25) is 19.9 Å². The van der Waals surface area contributed by atoms with Gasteiger partial charge in [-0.05, 0) is 24.3 Å². The maximum atomic E-state index is 11.7. The van der Waals surface area contributed by atoms with Gasteiger partial charge >= 0.3 is 0 Å². The molecule has 1 amide bonds. The average molecular weight is 337 g/mol. The fourth-order valence-corrected chi connectivity index (χ4v) is 1.95. The number of carbonyl (C=O) groups excluding carboxylic acids is 1. The molecule has 0 radical (unpaired) electrons. The summed E-state index contributed by atoms with van der Waals surface area (Å²) in [5.74, 6) is 0.441. The zero-order valence-corrected chi connectivity index (χ0v) is 12.7. The topological polar surface area (TPSA) is 124 Å². The van der Waals surface area contributed by atoms with Crippen molar-refractivity contribution in [2.24, 2.45) is 5.10 Å². The number of nitrogens with one attached hydrogen (secondary N) is 1. The van der Waals surface area contributed by atoms with E-state index in [0.717, 1.165) is 0 Å². The maximum Gasteiger partial charge on any atom is 0.291 e. The third-order valence-corrected chi connectivity index (χ3v) is 3.14. The Kier molecular flexibility index (Phi) is 4.56. The molecule has 1 aromatic carbocycles. The Morgan fingerprint density at radius 2 is 2.00 bits per heavy atom. The molecule has 2 heterocycles. The maximum absolute atomic E-state index is 11.7. The molecular formula is C16H11N5O4. The van der Waals surface area contributed by atoms with Crippen LogP contribution in [-0.4, -0.2) is 27.0 Å². The number of hydrazone groups is 1. The van der Waals surface area contributed by atoms with Gasteiger partial charge in [0, 0.05) is 30.1 Å². The van der Waals surface area contributed by atoms with Crippen LogP contribution in [0.4, 0.5) is 5.69 Å². The second-order valence-corrected chi connectivity index (χ2v) is 4.80. The predicted molar refractivity (Wildman–Crippen MR) is 87.9 cm³/mol. The van der Waals surface area contributed by atoms with Crippen molar-refractivity contribution in [3.05, 3.63) is 76.6 Å². The van der Waals surface area contributed by atoms with Crippen molar-refractivity contribution >= 4 is 17.8 Å². The van der Waals surface area contributed by atoms with Crippen LogP contribution in [0.15, 0.2) is 64.5 Å². The molecule has 9 nitrogen and oxygen atoms in total. The second-order valence-electron chi connectivity index (χ2n) is 4.80. The zero-order valence-electron chi connectivity index (χ0n) is 12.7. The number of nitro groups is 1. The van der Waals surface area contributed by atoms with Crippen molar-refractivity contribution < 1.29 is 14.1 Å². The van der Waals surface area contributed by atoms with Crippen LogP contribution in [0.25, 0.3) is 11.3 Å². The lowest BCUT2D eigenvalue weighted by Crippen LogP contribution is -2.18. The lowest BCUT2D eigenvalue weighted by Gasteiger charge is -1.97. The van der Waals surface area contributed by atoms with Crippen molar-refractivity contribution in [3.63, 3.8) is 0 Å². The molecule has 25 heavy (non-hydrogen) atoms. The van der Waals surface area contributed by atoms with E-state index in [4.69, 9.17) is 4.42 Å². The third kappa shape index (κ3) is 3.91. The highest BCUT2D eigenvalue weighted by atomic mass is 16.6. The van der Waals surface area contributed by atoms with E-state index in [1.807, 2.05) is 0 Å². The van der Waals surface area contributed by atoms with Crippen molar-refractivity contribution in [3.8, 4) is 11.3 Å². The molecule has 0 saturated carbocycles. The van der Waals surface area contributed by atoms with Crippen LogP contribution in [0.2, 0.25) is 0 Å². The standard InChI is InChI=1S/C16H11N5O4/c22-16(14-10-17-7-8-18-14)20-19-9-13-5-6-15(25-13)11-1-3-12(4-2-11)21(23)24/h1-10H,(H,20,22)/b19-9+. The molecule has 0 aliphatic carbocycles. The Morgan fingerprint density at radius 3 is 2.68 bits per heavy atom. The molecule has 0 fully saturated rings. The number of rotatable bonds is 5. The lowest BCUT2D eigenvalue weighted by molar-refractivity contribution is -0.384. The smallest absolute Gasteiger partial charge is 0.291 e. The first-order chi connectivity index (χ1) is 12.1. The molecule has 0 atom stereocenters. The Balaban J connectivity index is 1.65. The summed E-state index contributed by atoms with van der Waals surface area (Å²) in [6.07, 6.45) is 5.53. The highest BCUT2D eigenvalue weighted by Crippen LogP contribution is 2.23. The van der Waals surface area contributed by atoms with E-state index < -0.39 is 10.8 Å². The summed E-state index contributed by atoms with van der Waals surface area (Å²) in [5, 5.41) is 14.4. The molecule has 0 unspecified atom stereocenters. The molecule has 3 rings (SSSR count). The van der Waals surface area contributed by atoms with Crippen molar-refractivity contribution in [2.75, 3.05) is 0 Å². The highest BCUT2D eigenvalue weighted by molar-refractivity contribution is 5.92. The lowest BCUT2D eigenvalue weighted by atomic mass is 10.1. The van der Waals surface area contributed by atoms with Crippen LogP contribution in [0, 0.1) is 10.1 Å². The summed E-state index contributed by atoms with van der Waals surface area (Å²) in [5.41, 5.74) is 3.15. The second kappa shape index (κ2) is 7.13. The van der Waals surface area contributed by atoms with Crippen molar-refractivity contribution in [1.82, 2.24) is 15.4 Å². The molecular weight excluding hydrogens is 326 g/mol. The number of nitro benzene ring substituents is 1. The van der Waals surface area contributed by atoms with E-state index in [2.05, 4.69) is 20.5 Å². The van der Waals surface area contributed by atoms with Crippen LogP contribution in [0.1, 0.15) is 16.2 Å². The number of benzene rings is 1. The monoisotopic (exact) mass is 337 g/mol. The number of furan rings is 1. The molecule has 0 aliphatic rings. The van der Waals surface area contributed by atoms with E-state index in [1.165, 1.54) is 36.9 Å². The minimum absolute atomic E-state index is 0.00353. The van der Waals surface area contributed by atoms with Crippen LogP contribution >= 0.6 is 0 Å². The minimum atomic E-state index is -0.494. The van der Waals surface area contributed by atoms with Gasteiger partial charge in [-0.25, -0.2) is 10.4 Å². The van der Waals surface area contributed by atoms with Gasteiger partial charge in [-0.2, -0.15) is 5.10 Å². The van der Waals surface area contributed by atoms with Gasteiger partial charge in [0.05, 0.1) is 17.3 Å². The van der Waals surface area contributed by atoms with E-state index >= 15 is 0 Å². The summed E-state index contributed by atoms with van der Waals surface area (Å²) >= 11 is 0. The number of amides is 1. The van der Waals surface area contributed by atoms with Gasteiger partial charge in [-0.1, -0.05) is 0 Å². The SMILES string of the molecule is O=C(N/N=C/c1ccc(-c2ccc([N+](=O)[O-])cc2)o1)c1cnccn1. The minimum Gasteiger partial charge on any atom is -0.455 e. The van der Waals surface area contributed by atoms with Crippen LogP contribution < -0.4 is 5.43 Å². The molecule has 1 N–H and O–H groups in total. The van der Waals surface area contributed by atoms with Gasteiger partial charge < -0.3 is 4.42 Å². The van der Waals surface area contributed by atoms with E-state index in [9.17, 15) is 14.9 Å². The number of non-ortho nitro benzene ring substituents is 1. The first-order valence-corrected chi connectivity index (χ1v) is 7.07. The number of hydrogen-bond donors (Lipinski definition) is 1. The Bertz CT molecular complexity index is 919. The normalized spacial score (nSPS) is 10.7. The molecule has 0 aliphatic heterocycles. The van der Waals surface area contributed by atoms with Gasteiger partial charge in [0.2, 0.25) is 0 Å². The Morgan fingerprint density at radius 1 is 1.20 bits per heavy atom. The van der Waals surface area contributed by atoms with E-state index in [-0.39, 0.29) is 11.4 Å². The summed E-state index contributed by atoms with van der Waals surface area (Å²) in [6, 6.07) is 9.34. The van der Waals surface area contributed by atoms with E-state index in [0.29, 0.717) is 17.1 Å². The highest BCUT2D eigenvalue weighted by Gasteiger charge is 2.08. The van der Waals surface area contributed by atoms with Gasteiger partial charge in [0.25, 0.3) is 11.6 Å². The third-order valence-electron chi connectivity index (χ3n) is 3.14. The molecule has 9 heteroatoms. The molecule has 2 aromatic heterocycles. The predicted octanol–water partition coefficient (Wildman–Crippen LogP) is 2.41. The molecule has 0 bridgehead atoms. The van der Waals surface area contributed by atoms with Gasteiger partial charge in [-0.15, -0.1) is 0 Å². The first-order valence-electron chi connectivity index (χ1n) is 7.07.